The maximum atomic E-state index is 11.5. The van der Waals surface area contributed by atoms with E-state index in [9.17, 15) is 4.79 Å². The molecule has 0 spiro atoms. The maximum absolute atomic E-state index is 11.5. The molecule has 1 heterocycles. The Hall–Kier alpha value is -1.40. The third kappa shape index (κ3) is 2.88. The van der Waals surface area contributed by atoms with Crippen LogP contribution in [0.2, 0.25) is 0 Å². The molecule has 1 amide bonds. The number of thioether (sulfide) groups is 1. The zero-order valence-corrected chi connectivity index (χ0v) is 11.5. The molecule has 4 nitrogen and oxygen atoms in total. The molecule has 0 bridgehead atoms. The number of thiocarbonyl (C=S) groups is 1. The molecule has 1 saturated heterocycles. The molecule has 94 valence electrons. The van der Waals surface area contributed by atoms with Crippen molar-refractivity contribution < 1.29 is 9.53 Å². The van der Waals surface area contributed by atoms with Gasteiger partial charge in [-0.15, -0.1) is 0 Å². The van der Waals surface area contributed by atoms with E-state index in [0.29, 0.717) is 16.7 Å². The number of carbonyl (C=O) groups is 1. The summed E-state index contributed by atoms with van der Waals surface area (Å²) in [7, 11) is 0. The molecule has 0 aliphatic carbocycles. The summed E-state index contributed by atoms with van der Waals surface area (Å²) in [5, 5.41) is 5.37. The normalized spacial score (nSPS) is 15.7. The van der Waals surface area contributed by atoms with Gasteiger partial charge in [0.2, 0.25) is 0 Å². The van der Waals surface area contributed by atoms with Gasteiger partial charge in [-0.1, -0.05) is 36.1 Å². The van der Waals surface area contributed by atoms with Gasteiger partial charge < -0.3 is 4.74 Å². The Bertz CT molecular complexity index is 487. The lowest BCUT2D eigenvalue weighted by Gasteiger charge is -2.08. The van der Waals surface area contributed by atoms with Crippen LogP contribution in [-0.2, 0) is 4.79 Å². The minimum atomic E-state index is -0.0878. The Morgan fingerprint density at radius 2 is 2.33 bits per heavy atom. The second-order valence-electron chi connectivity index (χ2n) is 3.48. The van der Waals surface area contributed by atoms with Crippen molar-refractivity contribution in [3.05, 3.63) is 29.8 Å². The Morgan fingerprint density at radius 3 is 3.00 bits per heavy atom. The molecule has 0 atom stereocenters. The van der Waals surface area contributed by atoms with Crippen molar-refractivity contribution in [2.45, 2.75) is 6.92 Å². The highest BCUT2D eigenvalue weighted by Gasteiger charge is 2.25. The van der Waals surface area contributed by atoms with E-state index in [0.717, 1.165) is 11.3 Å². The Morgan fingerprint density at radius 1 is 1.56 bits per heavy atom. The molecule has 6 heteroatoms. The number of carbonyl (C=O) groups excluding carboxylic acids is 1. The summed E-state index contributed by atoms with van der Waals surface area (Å²) in [6, 6.07) is 7.53. The molecule has 0 unspecified atom stereocenters. The Balaban J connectivity index is 2.18. The van der Waals surface area contributed by atoms with Gasteiger partial charge in [0.15, 0.2) is 4.32 Å². The quantitative estimate of drug-likeness (QED) is 0.627. The molecular formula is C12H12N2O2S2. The Labute approximate surface area is 115 Å². The lowest BCUT2D eigenvalue weighted by Crippen LogP contribution is -2.22. The summed E-state index contributed by atoms with van der Waals surface area (Å²) < 4.78 is 5.96. The van der Waals surface area contributed by atoms with Crippen LogP contribution in [0.5, 0.6) is 5.75 Å². The third-order valence-corrected chi connectivity index (χ3v) is 3.60. The number of rotatable bonds is 4. The van der Waals surface area contributed by atoms with E-state index in [1.807, 2.05) is 31.2 Å². The fraction of sp³-hybridized carbons (Fsp3) is 0.250. The van der Waals surface area contributed by atoms with E-state index < -0.39 is 0 Å². The number of hydrazone groups is 1. The van der Waals surface area contributed by atoms with Gasteiger partial charge in [-0.3, -0.25) is 4.79 Å². The molecule has 2 rings (SSSR count). The van der Waals surface area contributed by atoms with E-state index in [-0.39, 0.29) is 5.91 Å². The smallest absolute Gasteiger partial charge is 0.259 e. The van der Waals surface area contributed by atoms with Crippen LogP contribution in [0.3, 0.4) is 0 Å². The molecular weight excluding hydrogens is 268 g/mol. The number of para-hydroxylation sites is 1. The van der Waals surface area contributed by atoms with Crippen molar-refractivity contribution in [2.24, 2.45) is 5.10 Å². The first kappa shape index (κ1) is 13.0. The summed E-state index contributed by atoms with van der Waals surface area (Å²) in [6.07, 6.45) is 1.60. The van der Waals surface area contributed by atoms with Crippen LogP contribution in [0.1, 0.15) is 12.5 Å². The van der Waals surface area contributed by atoms with Gasteiger partial charge in [0.1, 0.15) is 5.75 Å². The lowest BCUT2D eigenvalue weighted by atomic mass is 10.2. The largest absolute Gasteiger partial charge is 0.493 e. The highest BCUT2D eigenvalue weighted by molar-refractivity contribution is 8.23. The van der Waals surface area contributed by atoms with Crippen molar-refractivity contribution >= 4 is 40.4 Å². The zero-order chi connectivity index (χ0) is 13.0. The van der Waals surface area contributed by atoms with Crippen LogP contribution >= 0.6 is 24.0 Å². The predicted octanol–water partition coefficient (Wildman–Crippen LogP) is 2.28. The second-order valence-corrected chi connectivity index (χ2v) is 5.08. The molecule has 18 heavy (non-hydrogen) atoms. The summed E-state index contributed by atoms with van der Waals surface area (Å²) in [5.74, 6) is 1.02. The SMILES string of the molecule is CCOc1ccccc1C=NN1C(=O)CSC1=S. The van der Waals surface area contributed by atoms with Crippen LogP contribution in [0, 0.1) is 0 Å². The molecule has 1 aliphatic heterocycles. The standard InChI is InChI=1S/C12H12N2O2S2/c1-2-16-10-6-4-3-5-9(10)7-13-14-11(15)8-18-12(14)17/h3-7H,2,8H2,1H3. The van der Waals surface area contributed by atoms with Crippen LogP contribution in [-0.4, -0.2) is 33.8 Å². The van der Waals surface area contributed by atoms with Crippen molar-refractivity contribution in [1.82, 2.24) is 5.01 Å². The van der Waals surface area contributed by atoms with Crippen molar-refractivity contribution in [3.8, 4) is 5.75 Å². The van der Waals surface area contributed by atoms with Crippen LogP contribution in [0.15, 0.2) is 29.4 Å². The zero-order valence-electron chi connectivity index (χ0n) is 9.83. The average Bonchev–Trinajstić information content (AvgIpc) is 2.69. The predicted molar refractivity (Wildman–Crippen MR) is 77.1 cm³/mol. The Kier molecular flexibility index (Phi) is 4.33. The van der Waals surface area contributed by atoms with E-state index >= 15 is 0 Å². The molecule has 0 saturated carbocycles. The van der Waals surface area contributed by atoms with Crippen LogP contribution in [0.4, 0.5) is 0 Å². The number of hydrogen-bond acceptors (Lipinski definition) is 5. The van der Waals surface area contributed by atoms with Crippen LogP contribution < -0.4 is 4.74 Å². The van der Waals surface area contributed by atoms with Gasteiger partial charge in [0, 0.05) is 5.56 Å². The fourth-order valence-electron chi connectivity index (χ4n) is 1.45. The van der Waals surface area contributed by atoms with Crippen LogP contribution in [0.25, 0.3) is 0 Å². The van der Waals surface area contributed by atoms with Gasteiger partial charge >= 0.3 is 0 Å². The minimum Gasteiger partial charge on any atom is -0.493 e. The topological polar surface area (TPSA) is 41.9 Å². The molecule has 0 aromatic heterocycles. The van der Waals surface area contributed by atoms with Crippen molar-refractivity contribution in [1.29, 1.82) is 0 Å². The third-order valence-electron chi connectivity index (χ3n) is 2.26. The maximum Gasteiger partial charge on any atom is 0.259 e. The van der Waals surface area contributed by atoms with Crippen molar-refractivity contribution in [2.75, 3.05) is 12.4 Å². The summed E-state index contributed by atoms with van der Waals surface area (Å²) in [6.45, 7) is 2.51. The van der Waals surface area contributed by atoms with E-state index in [1.165, 1.54) is 16.8 Å². The van der Waals surface area contributed by atoms with Gasteiger partial charge in [-0.2, -0.15) is 10.1 Å². The lowest BCUT2D eigenvalue weighted by molar-refractivity contribution is -0.123. The fourth-order valence-corrected chi connectivity index (χ4v) is 2.42. The molecule has 1 aliphatic rings. The number of nitrogens with zero attached hydrogens (tertiary/aromatic N) is 2. The first-order valence-corrected chi connectivity index (χ1v) is 6.87. The summed E-state index contributed by atoms with van der Waals surface area (Å²) in [4.78, 5) is 11.5. The van der Waals surface area contributed by atoms with Gasteiger partial charge in [-0.25, -0.2) is 0 Å². The monoisotopic (exact) mass is 280 g/mol. The number of amides is 1. The van der Waals surface area contributed by atoms with Gasteiger partial charge in [0.25, 0.3) is 5.91 Å². The summed E-state index contributed by atoms with van der Waals surface area (Å²) >= 11 is 6.37. The highest BCUT2D eigenvalue weighted by Crippen LogP contribution is 2.20. The summed E-state index contributed by atoms with van der Waals surface area (Å²) in [5.41, 5.74) is 0.826. The average molecular weight is 280 g/mol. The molecule has 0 radical (unpaired) electrons. The highest BCUT2D eigenvalue weighted by atomic mass is 32.2. The molecule has 0 N–H and O–H groups in total. The first-order valence-electron chi connectivity index (χ1n) is 5.48. The number of ether oxygens (including phenoxy) is 1. The molecule has 1 fully saturated rings. The van der Waals surface area contributed by atoms with E-state index in [4.69, 9.17) is 17.0 Å². The molecule has 1 aromatic rings. The molecule has 1 aromatic carbocycles. The number of benzene rings is 1. The minimum absolute atomic E-state index is 0.0878. The van der Waals surface area contributed by atoms with Gasteiger partial charge in [-0.05, 0) is 19.1 Å². The first-order chi connectivity index (χ1) is 8.72. The second kappa shape index (κ2) is 5.97. The van der Waals surface area contributed by atoms with Gasteiger partial charge in [0.05, 0.1) is 18.6 Å². The number of hydrogen-bond donors (Lipinski definition) is 0. The van der Waals surface area contributed by atoms with E-state index in [1.54, 1.807) is 6.21 Å². The van der Waals surface area contributed by atoms with Crippen molar-refractivity contribution in [3.63, 3.8) is 0 Å². The van der Waals surface area contributed by atoms with E-state index in [2.05, 4.69) is 5.10 Å².